The van der Waals surface area contributed by atoms with Crippen molar-refractivity contribution in [1.29, 1.82) is 0 Å². The first-order valence-corrected chi connectivity index (χ1v) is 2.14. The molecule has 0 heterocycles. The minimum Gasteiger partial charge on any atom is -0.597 e. The molecule has 0 aliphatic rings. The summed E-state index contributed by atoms with van der Waals surface area (Å²) in [6.45, 7) is 1.23. The Balaban J connectivity index is 0. The molecule has 1 unspecified atom stereocenters. The third-order valence-electron chi connectivity index (χ3n) is 0.520. The van der Waals surface area contributed by atoms with Gasteiger partial charge in [-0.3, -0.25) is 0 Å². The van der Waals surface area contributed by atoms with Gasteiger partial charge in [0.15, 0.2) is 5.28 Å². The van der Waals surface area contributed by atoms with Crippen molar-refractivity contribution in [3.05, 3.63) is 5.21 Å². The second kappa shape index (κ2) is 6.91. The fraction of sp³-hybridized carbons (Fsp3) is 1.00. The molecular weight excluding hydrogens is 151 g/mol. The molecule has 0 saturated carbocycles. The smallest absolute Gasteiger partial charge is 0.597 e. The SMILES string of the molecule is CC(O)C[N+]([O-])=NO.[K+]. The van der Waals surface area contributed by atoms with Crippen LogP contribution in [-0.2, 0) is 0 Å². The van der Waals surface area contributed by atoms with E-state index in [0.717, 1.165) is 0 Å². The van der Waals surface area contributed by atoms with Crippen molar-refractivity contribution in [1.82, 2.24) is 0 Å². The number of hydrogen-bond donors (Lipinski definition) is 2. The van der Waals surface area contributed by atoms with E-state index in [9.17, 15) is 5.21 Å². The zero-order valence-corrected chi connectivity index (χ0v) is 8.60. The maximum atomic E-state index is 9.96. The molecular formula is C3H8KN2O3+. The fourth-order valence-electron chi connectivity index (χ4n) is 0.263. The van der Waals surface area contributed by atoms with Gasteiger partial charge in [0.2, 0.25) is 6.54 Å². The first-order chi connectivity index (χ1) is 3.66. The molecule has 6 heteroatoms. The van der Waals surface area contributed by atoms with Crippen molar-refractivity contribution in [3.8, 4) is 0 Å². The summed E-state index contributed by atoms with van der Waals surface area (Å²) in [5, 5.41) is 28.4. The van der Waals surface area contributed by atoms with Gasteiger partial charge in [-0.15, -0.1) is 0 Å². The van der Waals surface area contributed by atoms with Gasteiger partial charge in [0, 0.05) is 0 Å². The molecule has 2 N–H and O–H groups in total. The van der Waals surface area contributed by atoms with Gasteiger partial charge >= 0.3 is 51.4 Å². The van der Waals surface area contributed by atoms with Crippen molar-refractivity contribution < 1.29 is 66.6 Å². The Morgan fingerprint density at radius 2 is 2.22 bits per heavy atom. The van der Waals surface area contributed by atoms with Crippen molar-refractivity contribution in [2.45, 2.75) is 13.0 Å². The molecule has 0 saturated heterocycles. The quantitative estimate of drug-likeness (QED) is 0.192. The van der Waals surface area contributed by atoms with Crippen molar-refractivity contribution in [2.24, 2.45) is 5.28 Å². The summed E-state index contributed by atoms with van der Waals surface area (Å²) < 4.78 is 0. The van der Waals surface area contributed by atoms with E-state index in [2.05, 4.69) is 5.28 Å². The van der Waals surface area contributed by atoms with E-state index in [1.165, 1.54) is 6.92 Å². The van der Waals surface area contributed by atoms with Crippen LogP contribution in [-0.4, -0.2) is 27.8 Å². The summed E-state index contributed by atoms with van der Waals surface area (Å²) in [5.41, 5.74) is 0. The first kappa shape index (κ1) is 12.5. The van der Waals surface area contributed by atoms with Gasteiger partial charge in [0.1, 0.15) is 6.10 Å². The summed E-state index contributed by atoms with van der Waals surface area (Å²) in [7, 11) is 0. The molecule has 1 atom stereocenters. The Morgan fingerprint density at radius 3 is 2.33 bits per heavy atom. The third kappa shape index (κ3) is 8.80. The Morgan fingerprint density at radius 1 is 1.78 bits per heavy atom. The maximum Gasteiger partial charge on any atom is 1.00 e. The second-order valence-electron chi connectivity index (χ2n) is 1.47. The van der Waals surface area contributed by atoms with Gasteiger partial charge < -0.3 is 15.5 Å². The Labute approximate surface area is 95.3 Å². The zero-order valence-electron chi connectivity index (χ0n) is 5.48. The molecule has 0 aliphatic heterocycles. The summed E-state index contributed by atoms with van der Waals surface area (Å²) in [4.78, 5) is 0.00463. The standard InChI is InChI=1S/C3H8N2O3.K/c1-3(6)2-5(8)4-7;/h3,6-7H,2H2,1H3;/q;+1. The van der Waals surface area contributed by atoms with Crippen molar-refractivity contribution >= 4 is 0 Å². The van der Waals surface area contributed by atoms with E-state index >= 15 is 0 Å². The van der Waals surface area contributed by atoms with Gasteiger partial charge in [0.05, 0.1) is 0 Å². The predicted molar refractivity (Wildman–Crippen MR) is 24.4 cm³/mol. The minimum absolute atomic E-state index is 0. The molecule has 48 valence electrons. The maximum absolute atomic E-state index is 9.96. The molecule has 0 aromatic rings. The number of hydrogen-bond acceptors (Lipinski definition) is 3. The number of aliphatic hydroxyl groups excluding tert-OH is 1. The van der Waals surface area contributed by atoms with Gasteiger partial charge in [0.25, 0.3) is 0 Å². The number of aliphatic hydroxyl groups is 1. The monoisotopic (exact) mass is 159 g/mol. The Kier molecular flexibility index (Phi) is 9.57. The van der Waals surface area contributed by atoms with Crippen LogP contribution in [0.2, 0.25) is 0 Å². The van der Waals surface area contributed by atoms with Crippen molar-refractivity contribution in [3.63, 3.8) is 0 Å². The van der Waals surface area contributed by atoms with Gasteiger partial charge in [-0.25, -0.2) is 0 Å². The number of rotatable bonds is 2. The minimum atomic E-state index is -0.761. The summed E-state index contributed by atoms with van der Waals surface area (Å²) in [6, 6.07) is 0. The first-order valence-electron chi connectivity index (χ1n) is 2.14. The van der Waals surface area contributed by atoms with E-state index in [1.807, 2.05) is 0 Å². The topological polar surface area (TPSA) is 78.9 Å². The van der Waals surface area contributed by atoms with Crippen molar-refractivity contribution in [2.75, 3.05) is 6.54 Å². The van der Waals surface area contributed by atoms with Crippen LogP contribution >= 0.6 is 0 Å². The average molecular weight is 159 g/mol. The van der Waals surface area contributed by atoms with Crippen LogP contribution in [0.1, 0.15) is 6.92 Å². The zero-order chi connectivity index (χ0) is 6.57. The fourth-order valence-corrected chi connectivity index (χ4v) is 0.263. The van der Waals surface area contributed by atoms with E-state index in [-0.39, 0.29) is 62.8 Å². The van der Waals surface area contributed by atoms with E-state index in [1.54, 1.807) is 0 Å². The second-order valence-corrected chi connectivity index (χ2v) is 1.47. The molecule has 0 spiro atoms. The van der Waals surface area contributed by atoms with E-state index in [4.69, 9.17) is 10.3 Å². The molecule has 0 bridgehead atoms. The molecule has 9 heavy (non-hydrogen) atoms. The summed E-state index contributed by atoms with van der Waals surface area (Å²) in [5.74, 6) is 0. The molecule has 0 radical (unpaired) electrons. The Hall–Kier alpha value is 0.796. The number of nitrogens with zero attached hydrogens (tertiary/aromatic N) is 2. The van der Waals surface area contributed by atoms with Gasteiger partial charge in [-0.05, 0) is 6.92 Å². The molecule has 5 nitrogen and oxygen atoms in total. The van der Waals surface area contributed by atoms with Crippen LogP contribution < -0.4 is 51.4 Å². The van der Waals surface area contributed by atoms with Crippen LogP contribution in [0, 0.1) is 5.21 Å². The van der Waals surface area contributed by atoms with E-state index in [0.29, 0.717) is 0 Å². The molecule has 0 aromatic carbocycles. The largest absolute Gasteiger partial charge is 1.00 e. The van der Waals surface area contributed by atoms with Crippen LogP contribution in [0.15, 0.2) is 5.28 Å². The molecule has 0 aromatic heterocycles. The summed E-state index contributed by atoms with van der Waals surface area (Å²) >= 11 is 0. The Bertz CT molecular complexity index is 95.1. The van der Waals surface area contributed by atoms with E-state index < -0.39 is 6.10 Å². The van der Waals surface area contributed by atoms with Crippen LogP contribution in [0.25, 0.3) is 0 Å². The van der Waals surface area contributed by atoms with Crippen LogP contribution in [0.5, 0.6) is 0 Å². The molecule has 0 rings (SSSR count). The molecule has 0 fully saturated rings. The summed E-state index contributed by atoms with van der Waals surface area (Å²) in [6.07, 6.45) is -0.761. The molecule has 0 amide bonds. The average Bonchev–Trinajstić information content (AvgIpc) is 1.65. The van der Waals surface area contributed by atoms with Crippen LogP contribution in [0.4, 0.5) is 0 Å². The van der Waals surface area contributed by atoms with Gasteiger partial charge in [-0.1, -0.05) is 4.86 Å². The predicted octanol–water partition coefficient (Wildman–Crippen LogP) is -3.28. The van der Waals surface area contributed by atoms with Crippen LogP contribution in [0.3, 0.4) is 0 Å². The van der Waals surface area contributed by atoms with Gasteiger partial charge in [-0.2, -0.15) is 0 Å². The molecule has 0 aliphatic carbocycles. The third-order valence-corrected chi connectivity index (χ3v) is 0.520. The normalized spacial score (nSPS) is 14.2. The number of hydroxylamine groups is 1.